The summed E-state index contributed by atoms with van der Waals surface area (Å²) in [7, 11) is 1.52. The normalized spacial score (nSPS) is 10.6. The second kappa shape index (κ2) is 6.37. The molecule has 0 spiro atoms. The predicted octanol–water partition coefficient (Wildman–Crippen LogP) is 1.66. The molecule has 0 aliphatic carbocycles. The Hall–Kier alpha value is 0.370. The molecular formula is C4H9NS2. The van der Waals surface area contributed by atoms with Crippen molar-refractivity contribution in [2.24, 2.45) is 4.99 Å². The standard InChI is InChI=1S/C4H9NS2/c1-2-5-3-4-7-6/h2,6H,3-4H2,1H3. The van der Waals surface area contributed by atoms with E-state index in [1.165, 1.54) is 10.8 Å². The summed E-state index contributed by atoms with van der Waals surface area (Å²) < 4.78 is 0. The highest BCUT2D eigenvalue weighted by Crippen LogP contribution is 2.02. The SMILES string of the molecule is CC=NCCSS. The average molecular weight is 135 g/mol. The first-order chi connectivity index (χ1) is 3.41. The third-order valence-electron chi connectivity index (χ3n) is 0.494. The van der Waals surface area contributed by atoms with Gasteiger partial charge in [-0.05, 0) is 13.1 Å². The summed E-state index contributed by atoms with van der Waals surface area (Å²) in [5.41, 5.74) is 0. The van der Waals surface area contributed by atoms with Crippen LogP contribution in [0.1, 0.15) is 6.92 Å². The zero-order valence-corrected chi connectivity index (χ0v) is 6.01. The van der Waals surface area contributed by atoms with Gasteiger partial charge in [-0.15, -0.1) is 11.7 Å². The first kappa shape index (κ1) is 7.37. The Morgan fingerprint density at radius 2 is 2.57 bits per heavy atom. The highest BCUT2D eigenvalue weighted by molar-refractivity contribution is 8.68. The Morgan fingerprint density at radius 3 is 3.00 bits per heavy atom. The van der Waals surface area contributed by atoms with Crippen LogP contribution in [0, 0.1) is 0 Å². The van der Waals surface area contributed by atoms with Crippen LogP contribution in [0.4, 0.5) is 0 Å². The van der Waals surface area contributed by atoms with E-state index in [1.807, 2.05) is 13.1 Å². The van der Waals surface area contributed by atoms with Gasteiger partial charge in [0.1, 0.15) is 0 Å². The number of aliphatic imine (C=N–C) groups is 1. The molecule has 0 unspecified atom stereocenters. The Morgan fingerprint density at radius 1 is 1.86 bits per heavy atom. The lowest BCUT2D eigenvalue weighted by Crippen LogP contribution is -1.79. The third kappa shape index (κ3) is 6.37. The van der Waals surface area contributed by atoms with E-state index in [0.29, 0.717) is 0 Å². The summed E-state index contributed by atoms with van der Waals surface area (Å²) >= 11 is 3.94. The molecule has 0 aliphatic heterocycles. The lowest BCUT2D eigenvalue weighted by Gasteiger charge is -1.83. The molecule has 0 radical (unpaired) electrons. The fourth-order valence-electron chi connectivity index (χ4n) is 0.223. The molecule has 42 valence electrons. The minimum absolute atomic E-state index is 0.894. The summed E-state index contributed by atoms with van der Waals surface area (Å²) in [6.45, 7) is 2.81. The van der Waals surface area contributed by atoms with Gasteiger partial charge in [-0.2, -0.15) is 0 Å². The average Bonchev–Trinajstić information content (AvgIpc) is 1.69. The Bertz CT molecular complexity index is 53.7. The molecule has 0 aromatic carbocycles. The van der Waals surface area contributed by atoms with Crippen molar-refractivity contribution in [2.45, 2.75) is 6.92 Å². The number of nitrogens with zero attached hydrogens (tertiary/aromatic N) is 1. The zero-order valence-electron chi connectivity index (χ0n) is 4.29. The van der Waals surface area contributed by atoms with Gasteiger partial charge in [0.25, 0.3) is 0 Å². The topological polar surface area (TPSA) is 12.4 Å². The highest BCUT2D eigenvalue weighted by atomic mass is 33.1. The van der Waals surface area contributed by atoms with Crippen LogP contribution in [-0.4, -0.2) is 18.5 Å². The van der Waals surface area contributed by atoms with Crippen LogP contribution in [0.5, 0.6) is 0 Å². The van der Waals surface area contributed by atoms with Crippen molar-refractivity contribution < 1.29 is 0 Å². The lowest BCUT2D eigenvalue weighted by molar-refractivity contribution is 1.16. The first-order valence-corrected chi connectivity index (χ1v) is 4.16. The van der Waals surface area contributed by atoms with Gasteiger partial charge in [-0.3, -0.25) is 4.99 Å². The van der Waals surface area contributed by atoms with Crippen LogP contribution >= 0.6 is 22.5 Å². The maximum Gasteiger partial charge on any atom is 0.0484 e. The third-order valence-corrected chi connectivity index (χ3v) is 1.41. The van der Waals surface area contributed by atoms with Crippen molar-refractivity contribution in [1.29, 1.82) is 0 Å². The summed E-state index contributed by atoms with van der Waals surface area (Å²) in [5, 5.41) is 0. The number of thiol groups is 1. The molecule has 0 atom stereocenters. The Balaban J connectivity index is 2.69. The molecule has 1 nitrogen and oxygen atoms in total. The molecule has 0 heterocycles. The molecule has 3 heteroatoms. The van der Waals surface area contributed by atoms with Crippen LogP contribution in [-0.2, 0) is 0 Å². The van der Waals surface area contributed by atoms with Crippen LogP contribution < -0.4 is 0 Å². The van der Waals surface area contributed by atoms with E-state index in [1.54, 1.807) is 0 Å². The van der Waals surface area contributed by atoms with Crippen molar-refractivity contribution in [3.05, 3.63) is 0 Å². The monoisotopic (exact) mass is 135 g/mol. The molecule has 0 bridgehead atoms. The van der Waals surface area contributed by atoms with Crippen molar-refractivity contribution in [3.8, 4) is 0 Å². The fourth-order valence-corrected chi connectivity index (χ4v) is 0.655. The van der Waals surface area contributed by atoms with Crippen molar-refractivity contribution >= 4 is 28.7 Å². The molecule has 0 saturated heterocycles. The molecule has 0 rings (SSSR count). The van der Waals surface area contributed by atoms with Gasteiger partial charge in [0.15, 0.2) is 0 Å². The zero-order chi connectivity index (χ0) is 5.54. The van der Waals surface area contributed by atoms with E-state index in [4.69, 9.17) is 0 Å². The van der Waals surface area contributed by atoms with Crippen molar-refractivity contribution in [1.82, 2.24) is 0 Å². The van der Waals surface area contributed by atoms with Gasteiger partial charge in [0.05, 0.1) is 0 Å². The van der Waals surface area contributed by atoms with Crippen LogP contribution in [0.25, 0.3) is 0 Å². The van der Waals surface area contributed by atoms with Gasteiger partial charge >= 0.3 is 0 Å². The van der Waals surface area contributed by atoms with Crippen LogP contribution in [0.2, 0.25) is 0 Å². The quantitative estimate of drug-likeness (QED) is 0.269. The molecule has 0 aliphatic rings. The van der Waals surface area contributed by atoms with E-state index >= 15 is 0 Å². The minimum atomic E-state index is 0.894. The van der Waals surface area contributed by atoms with E-state index in [2.05, 4.69) is 16.7 Å². The van der Waals surface area contributed by atoms with Gasteiger partial charge < -0.3 is 0 Å². The fraction of sp³-hybridized carbons (Fsp3) is 0.750. The molecule has 0 fully saturated rings. The number of hydrogen-bond donors (Lipinski definition) is 1. The summed E-state index contributed by atoms with van der Waals surface area (Å²) in [6.07, 6.45) is 1.81. The summed E-state index contributed by atoms with van der Waals surface area (Å²) in [5.74, 6) is 1.01. The van der Waals surface area contributed by atoms with Crippen LogP contribution in [0.3, 0.4) is 0 Å². The van der Waals surface area contributed by atoms with Gasteiger partial charge in [0, 0.05) is 12.3 Å². The second-order valence-electron chi connectivity index (χ2n) is 0.998. The van der Waals surface area contributed by atoms with E-state index in [0.717, 1.165) is 12.3 Å². The largest absolute Gasteiger partial charge is 0.297 e. The first-order valence-electron chi connectivity index (χ1n) is 2.12. The maximum atomic E-state index is 3.97. The Kier molecular flexibility index (Phi) is 6.71. The molecule has 0 aromatic rings. The Labute approximate surface area is 53.4 Å². The molecule has 0 saturated carbocycles. The molecule has 0 aromatic heterocycles. The highest BCUT2D eigenvalue weighted by Gasteiger charge is 1.74. The van der Waals surface area contributed by atoms with Gasteiger partial charge in [0.2, 0.25) is 0 Å². The molecular weight excluding hydrogens is 126 g/mol. The van der Waals surface area contributed by atoms with Gasteiger partial charge in [-0.1, -0.05) is 10.8 Å². The smallest absolute Gasteiger partial charge is 0.0484 e. The number of rotatable bonds is 3. The lowest BCUT2D eigenvalue weighted by atomic mass is 10.7. The summed E-state index contributed by atoms with van der Waals surface area (Å²) in [4.78, 5) is 3.97. The second-order valence-corrected chi connectivity index (χ2v) is 2.44. The maximum absolute atomic E-state index is 3.97. The number of hydrogen-bond acceptors (Lipinski definition) is 3. The van der Waals surface area contributed by atoms with Crippen molar-refractivity contribution in [2.75, 3.05) is 12.3 Å². The van der Waals surface area contributed by atoms with Gasteiger partial charge in [-0.25, -0.2) is 0 Å². The minimum Gasteiger partial charge on any atom is -0.297 e. The predicted molar refractivity (Wildman–Crippen MR) is 40.5 cm³/mol. The van der Waals surface area contributed by atoms with Crippen LogP contribution in [0.15, 0.2) is 4.99 Å². The summed E-state index contributed by atoms with van der Waals surface area (Å²) in [6, 6.07) is 0. The molecule has 0 amide bonds. The molecule has 7 heavy (non-hydrogen) atoms. The van der Waals surface area contributed by atoms with E-state index < -0.39 is 0 Å². The van der Waals surface area contributed by atoms with E-state index in [-0.39, 0.29) is 0 Å². The van der Waals surface area contributed by atoms with E-state index in [9.17, 15) is 0 Å². The molecule has 0 N–H and O–H groups in total. The van der Waals surface area contributed by atoms with Crippen molar-refractivity contribution in [3.63, 3.8) is 0 Å².